The third kappa shape index (κ3) is 10.4. The minimum Gasteiger partial charge on any atom is -0.451 e. The maximum atomic E-state index is 14.3. The van der Waals surface area contributed by atoms with E-state index < -0.39 is 27.4 Å². The van der Waals surface area contributed by atoms with Crippen LogP contribution in [0.3, 0.4) is 0 Å². The Kier molecular flexibility index (Phi) is 12.2. The summed E-state index contributed by atoms with van der Waals surface area (Å²) in [5, 5.41) is 0. The fourth-order valence-corrected chi connectivity index (χ4v) is 3.87. The molecule has 0 aromatic heterocycles. The second kappa shape index (κ2) is 14.9. The quantitative estimate of drug-likeness (QED) is 0.330. The Hall–Kier alpha value is -2.41. The molecule has 2 aromatic rings. The molecule has 35 heavy (non-hydrogen) atoms. The van der Waals surface area contributed by atoms with Crippen molar-refractivity contribution in [2.45, 2.75) is 18.7 Å². The third-order valence-electron chi connectivity index (χ3n) is 4.37. The van der Waals surface area contributed by atoms with Crippen molar-refractivity contribution < 1.29 is 36.1 Å². The first-order valence-electron chi connectivity index (χ1n) is 11.1. The van der Waals surface area contributed by atoms with Crippen LogP contribution in [-0.2, 0) is 24.2 Å². The molecule has 0 fully saturated rings. The molecular weight excluding hydrogens is 482 g/mol. The summed E-state index contributed by atoms with van der Waals surface area (Å²) >= 11 is 0. The molecule has 0 heterocycles. The number of halogens is 2. The van der Waals surface area contributed by atoms with Gasteiger partial charge in [0.2, 0.25) is 10.0 Å². The zero-order chi connectivity index (χ0) is 25.7. The smallest absolute Gasteiger partial charge is 0.240 e. The van der Waals surface area contributed by atoms with E-state index in [0.717, 1.165) is 5.57 Å². The molecule has 0 unspecified atom stereocenters. The van der Waals surface area contributed by atoms with Crippen LogP contribution in [0, 0.1) is 11.6 Å². The standard InChI is InChI=1S/C24H32F2N2O6S/c1-18(2)15-19-16-22(25)24(23(26)17-19)34-20-3-5-21(6-4-20)35(29,30)28-8-10-32-12-14-33-13-11-31-9-7-27/h3-6,15-17,28H,7-14,27H2,1-2H3. The zero-order valence-corrected chi connectivity index (χ0v) is 20.7. The monoisotopic (exact) mass is 514 g/mol. The summed E-state index contributed by atoms with van der Waals surface area (Å²) < 4.78 is 77.0. The normalized spacial score (nSPS) is 11.5. The van der Waals surface area contributed by atoms with E-state index in [2.05, 4.69) is 4.72 Å². The summed E-state index contributed by atoms with van der Waals surface area (Å²) in [6, 6.07) is 7.55. The predicted octanol–water partition coefficient (Wildman–Crippen LogP) is 3.47. The summed E-state index contributed by atoms with van der Waals surface area (Å²) in [7, 11) is -3.79. The number of hydrogen-bond acceptors (Lipinski definition) is 7. The van der Waals surface area contributed by atoms with Crippen LogP contribution in [-0.4, -0.2) is 61.1 Å². The molecule has 2 rings (SSSR count). The van der Waals surface area contributed by atoms with Gasteiger partial charge in [-0.3, -0.25) is 0 Å². The van der Waals surface area contributed by atoms with Crippen molar-refractivity contribution in [2.24, 2.45) is 5.73 Å². The molecule has 0 amide bonds. The molecular formula is C24H32F2N2O6S. The minimum atomic E-state index is -3.79. The van der Waals surface area contributed by atoms with Gasteiger partial charge in [0.15, 0.2) is 17.4 Å². The van der Waals surface area contributed by atoms with Crippen LogP contribution in [0.5, 0.6) is 11.5 Å². The van der Waals surface area contributed by atoms with Gasteiger partial charge in [0.05, 0.1) is 44.5 Å². The topological polar surface area (TPSA) is 109 Å². The Bertz CT molecular complexity index is 1040. The van der Waals surface area contributed by atoms with E-state index in [4.69, 9.17) is 24.7 Å². The van der Waals surface area contributed by atoms with Crippen LogP contribution >= 0.6 is 0 Å². The zero-order valence-electron chi connectivity index (χ0n) is 19.9. The highest BCUT2D eigenvalue weighted by atomic mass is 32.2. The summed E-state index contributed by atoms with van der Waals surface area (Å²) in [4.78, 5) is -0.0227. The number of nitrogens with one attached hydrogen (secondary N) is 1. The van der Waals surface area contributed by atoms with E-state index in [-0.39, 0.29) is 23.8 Å². The Morgan fingerprint density at radius 3 is 2.00 bits per heavy atom. The molecule has 3 N–H and O–H groups in total. The van der Waals surface area contributed by atoms with Gasteiger partial charge in [-0.25, -0.2) is 21.9 Å². The lowest BCUT2D eigenvalue weighted by Crippen LogP contribution is -2.27. The van der Waals surface area contributed by atoms with Gasteiger partial charge in [0.1, 0.15) is 5.75 Å². The maximum Gasteiger partial charge on any atom is 0.240 e. The van der Waals surface area contributed by atoms with Crippen molar-refractivity contribution in [1.82, 2.24) is 4.72 Å². The molecule has 0 saturated carbocycles. The average Bonchev–Trinajstić information content (AvgIpc) is 2.80. The number of ether oxygens (including phenoxy) is 4. The first kappa shape index (κ1) is 28.8. The van der Waals surface area contributed by atoms with Gasteiger partial charge in [-0.1, -0.05) is 11.6 Å². The highest BCUT2D eigenvalue weighted by molar-refractivity contribution is 7.89. The third-order valence-corrected chi connectivity index (χ3v) is 5.85. The van der Waals surface area contributed by atoms with E-state index in [1.54, 1.807) is 6.08 Å². The molecule has 0 bridgehead atoms. The Morgan fingerprint density at radius 1 is 0.914 bits per heavy atom. The van der Waals surface area contributed by atoms with Crippen LogP contribution in [0.4, 0.5) is 8.78 Å². The SMILES string of the molecule is CC(C)=Cc1cc(F)c(Oc2ccc(S(=O)(=O)NCCOCCOCCOCCN)cc2)c(F)c1. The summed E-state index contributed by atoms with van der Waals surface area (Å²) in [6.07, 6.45) is 1.64. The molecule has 0 aliphatic heterocycles. The average molecular weight is 515 g/mol. The largest absolute Gasteiger partial charge is 0.451 e. The van der Waals surface area contributed by atoms with Gasteiger partial charge in [0, 0.05) is 13.1 Å². The van der Waals surface area contributed by atoms with Gasteiger partial charge in [-0.2, -0.15) is 0 Å². The van der Waals surface area contributed by atoms with E-state index in [1.165, 1.54) is 36.4 Å². The van der Waals surface area contributed by atoms with Gasteiger partial charge in [-0.05, 0) is 55.8 Å². The lowest BCUT2D eigenvalue weighted by molar-refractivity contribution is 0.0171. The Balaban J connectivity index is 1.79. The highest BCUT2D eigenvalue weighted by Crippen LogP contribution is 2.30. The van der Waals surface area contributed by atoms with Crippen LogP contribution < -0.4 is 15.2 Å². The van der Waals surface area contributed by atoms with Crippen molar-refractivity contribution in [2.75, 3.05) is 52.7 Å². The first-order valence-corrected chi connectivity index (χ1v) is 12.6. The van der Waals surface area contributed by atoms with Crippen molar-refractivity contribution in [3.8, 4) is 11.5 Å². The first-order chi connectivity index (χ1) is 16.7. The number of hydrogen-bond donors (Lipinski definition) is 2. The van der Waals surface area contributed by atoms with Gasteiger partial charge in [-0.15, -0.1) is 0 Å². The van der Waals surface area contributed by atoms with Crippen molar-refractivity contribution in [3.63, 3.8) is 0 Å². The second-order valence-electron chi connectivity index (χ2n) is 7.63. The Labute approximate surface area is 205 Å². The lowest BCUT2D eigenvalue weighted by atomic mass is 10.1. The van der Waals surface area contributed by atoms with Crippen LogP contribution in [0.15, 0.2) is 46.9 Å². The van der Waals surface area contributed by atoms with E-state index >= 15 is 0 Å². The van der Waals surface area contributed by atoms with Crippen LogP contribution in [0.1, 0.15) is 19.4 Å². The molecule has 11 heteroatoms. The lowest BCUT2D eigenvalue weighted by Gasteiger charge is -2.11. The fourth-order valence-electron chi connectivity index (χ4n) is 2.86. The van der Waals surface area contributed by atoms with Crippen molar-refractivity contribution >= 4 is 16.1 Å². The van der Waals surface area contributed by atoms with Crippen LogP contribution in [0.25, 0.3) is 6.08 Å². The van der Waals surface area contributed by atoms with E-state index in [1.807, 2.05) is 13.8 Å². The molecule has 0 radical (unpaired) electrons. The summed E-state index contributed by atoms with van der Waals surface area (Å²) in [5.74, 6) is -2.19. The fraction of sp³-hybridized carbons (Fsp3) is 0.417. The van der Waals surface area contributed by atoms with Crippen LogP contribution in [0.2, 0.25) is 0 Å². The molecule has 8 nitrogen and oxygen atoms in total. The number of allylic oxidation sites excluding steroid dienone is 1. The summed E-state index contributed by atoms with van der Waals surface area (Å²) in [5.41, 5.74) is 6.57. The molecule has 0 saturated heterocycles. The number of rotatable bonds is 16. The number of nitrogens with two attached hydrogens (primary N) is 1. The van der Waals surface area contributed by atoms with E-state index in [0.29, 0.717) is 45.1 Å². The molecule has 0 aliphatic rings. The second-order valence-corrected chi connectivity index (χ2v) is 9.40. The molecule has 0 atom stereocenters. The Morgan fingerprint density at radius 2 is 1.46 bits per heavy atom. The molecule has 2 aromatic carbocycles. The van der Waals surface area contributed by atoms with Crippen molar-refractivity contribution in [1.29, 1.82) is 0 Å². The molecule has 0 aliphatic carbocycles. The molecule has 194 valence electrons. The van der Waals surface area contributed by atoms with Gasteiger partial charge < -0.3 is 24.7 Å². The molecule has 0 spiro atoms. The van der Waals surface area contributed by atoms with Gasteiger partial charge in [0.25, 0.3) is 0 Å². The number of benzene rings is 2. The summed E-state index contributed by atoms with van der Waals surface area (Å²) in [6.45, 7) is 6.35. The maximum absolute atomic E-state index is 14.3. The minimum absolute atomic E-state index is 0.0227. The number of sulfonamides is 1. The van der Waals surface area contributed by atoms with Gasteiger partial charge >= 0.3 is 0 Å². The van der Waals surface area contributed by atoms with Crippen molar-refractivity contribution in [3.05, 3.63) is 59.2 Å². The van der Waals surface area contributed by atoms with E-state index in [9.17, 15) is 17.2 Å². The predicted molar refractivity (Wildman–Crippen MR) is 129 cm³/mol. The highest BCUT2D eigenvalue weighted by Gasteiger charge is 2.16.